The van der Waals surface area contributed by atoms with Gasteiger partial charge in [-0.15, -0.1) is 0 Å². The van der Waals surface area contributed by atoms with Crippen LogP contribution in [0, 0.1) is 11.8 Å². The highest BCUT2D eigenvalue weighted by Crippen LogP contribution is 2.36. The van der Waals surface area contributed by atoms with Gasteiger partial charge in [0.15, 0.2) is 34.7 Å². The van der Waals surface area contributed by atoms with Crippen molar-refractivity contribution in [3.8, 4) is 22.5 Å². The molecule has 0 N–H and O–H groups in total. The summed E-state index contributed by atoms with van der Waals surface area (Å²) in [4.78, 5) is 88.9. The maximum absolute atomic E-state index is 13.9. The van der Waals surface area contributed by atoms with Crippen LogP contribution in [0.4, 0.5) is 0 Å². The predicted molar refractivity (Wildman–Crippen MR) is 191 cm³/mol. The summed E-state index contributed by atoms with van der Waals surface area (Å²) in [6.45, 7) is 0. The van der Waals surface area contributed by atoms with Gasteiger partial charge in [-0.1, -0.05) is 60.7 Å². The molecular weight excluding hydrogens is 693 g/mol. The van der Waals surface area contributed by atoms with Gasteiger partial charge < -0.3 is 0 Å². The topological polar surface area (TPSA) is 162 Å². The molecule has 0 fully saturated rings. The van der Waals surface area contributed by atoms with Gasteiger partial charge in [-0.05, 0) is 60.7 Å². The number of rotatable bonds is 8. The maximum Gasteiger partial charge on any atom is 0.206 e. The Bertz CT molecular complexity index is 2530. The van der Waals surface area contributed by atoms with Crippen LogP contribution in [0.3, 0.4) is 0 Å². The number of aromatic nitrogens is 2. The zero-order chi connectivity index (χ0) is 37.0. The second-order valence-electron chi connectivity index (χ2n) is 12.6. The van der Waals surface area contributed by atoms with Gasteiger partial charge in [0, 0.05) is 56.9 Å². The van der Waals surface area contributed by atoms with E-state index in [0.717, 1.165) is 35.4 Å². The normalized spacial score (nSPS) is 16.4. The average Bonchev–Trinajstić information content (AvgIpc) is 3.60. The van der Waals surface area contributed by atoms with Crippen molar-refractivity contribution in [2.75, 3.05) is 0 Å². The molecule has 11 heteroatoms. The number of sulfone groups is 1. The molecule has 2 atom stereocenters. The van der Waals surface area contributed by atoms with Crippen molar-refractivity contribution in [1.82, 2.24) is 9.97 Å². The van der Waals surface area contributed by atoms with E-state index in [1.54, 1.807) is 48.5 Å². The molecule has 6 aromatic rings. The van der Waals surface area contributed by atoms with E-state index in [-0.39, 0.29) is 43.2 Å². The standard InChI is InChI=1S/C42H24N2O8S/c45-37(25-15-17-43-33(19-25)23-7-3-1-4-8-23)35-39(47)29-13-11-27(21-31(29)41(35)49)53(51,52)28-12-14-30-32(22-28)42(50)36(40(30)48)38(46)26-16-18-44-34(20-26)24-9-5-2-6-10-24/h1-22,35-36H. The Kier molecular flexibility index (Phi) is 8.00. The molecule has 0 bridgehead atoms. The fourth-order valence-corrected chi connectivity index (χ4v) is 8.04. The van der Waals surface area contributed by atoms with Crippen LogP contribution in [-0.2, 0) is 9.84 Å². The molecule has 0 amide bonds. The molecule has 8 rings (SSSR count). The van der Waals surface area contributed by atoms with Crippen LogP contribution in [0.2, 0.25) is 0 Å². The lowest BCUT2D eigenvalue weighted by molar-refractivity contribution is 0.0733. The van der Waals surface area contributed by atoms with Gasteiger partial charge in [-0.3, -0.25) is 38.7 Å². The highest BCUT2D eigenvalue weighted by Gasteiger charge is 2.46. The number of ketones is 6. The first-order chi connectivity index (χ1) is 25.5. The highest BCUT2D eigenvalue weighted by molar-refractivity contribution is 7.91. The van der Waals surface area contributed by atoms with Gasteiger partial charge in [0.25, 0.3) is 0 Å². The maximum atomic E-state index is 13.9. The third kappa shape index (κ3) is 5.54. The van der Waals surface area contributed by atoms with Crippen molar-refractivity contribution < 1.29 is 37.2 Å². The van der Waals surface area contributed by atoms with Gasteiger partial charge in [0.2, 0.25) is 9.84 Å². The molecule has 0 spiro atoms. The molecule has 0 radical (unpaired) electrons. The fourth-order valence-electron chi connectivity index (χ4n) is 6.73. The lowest BCUT2D eigenvalue weighted by atomic mass is 9.93. The lowest BCUT2D eigenvalue weighted by Gasteiger charge is -2.08. The van der Waals surface area contributed by atoms with Crippen LogP contribution in [-0.4, -0.2) is 53.1 Å². The molecule has 4 aromatic carbocycles. The number of nitrogens with zero attached hydrogens (tertiary/aromatic N) is 2. The third-order valence-electron chi connectivity index (χ3n) is 9.47. The van der Waals surface area contributed by atoms with Gasteiger partial charge in [-0.25, -0.2) is 8.42 Å². The van der Waals surface area contributed by atoms with Crippen molar-refractivity contribution in [2.24, 2.45) is 11.8 Å². The first-order valence-electron chi connectivity index (χ1n) is 16.4. The van der Waals surface area contributed by atoms with E-state index < -0.39 is 56.4 Å². The zero-order valence-electron chi connectivity index (χ0n) is 27.4. The van der Waals surface area contributed by atoms with Gasteiger partial charge in [0.05, 0.1) is 21.2 Å². The molecule has 10 nitrogen and oxygen atoms in total. The minimum atomic E-state index is -4.43. The van der Waals surface area contributed by atoms with E-state index in [4.69, 9.17) is 0 Å². The monoisotopic (exact) mass is 716 g/mol. The Morgan fingerprint density at radius 2 is 0.830 bits per heavy atom. The smallest absolute Gasteiger partial charge is 0.206 e. The van der Waals surface area contributed by atoms with E-state index in [1.807, 2.05) is 12.1 Å². The van der Waals surface area contributed by atoms with Crippen LogP contribution in [0.5, 0.6) is 0 Å². The second kappa shape index (κ2) is 12.7. The van der Waals surface area contributed by atoms with Crippen LogP contribution in [0.1, 0.15) is 62.1 Å². The van der Waals surface area contributed by atoms with Gasteiger partial charge >= 0.3 is 0 Å². The summed E-state index contributed by atoms with van der Waals surface area (Å²) < 4.78 is 27.8. The number of benzene rings is 4. The predicted octanol–water partition coefficient (Wildman–Crippen LogP) is 6.40. The lowest BCUT2D eigenvalue weighted by Crippen LogP contribution is -2.25. The van der Waals surface area contributed by atoms with Gasteiger partial charge in [-0.2, -0.15) is 0 Å². The Balaban J connectivity index is 1.06. The van der Waals surface area contributed by atoms with E-state index in [9.17, 15) is 37.2 Å². The number of carbonyl (C=O) groups is 6. The summed E-state index contributed by atoms with van der Waals surface area (Å²) in [5, 5.41) is 0. The largest absolute Gasteiger partial charge is 0.293 e. The van der Waals surface area contributed by atoms with Crippen molar-refractivity contribution in [3.63, 3.8) is 0 Å². The van der Waals surface area contributed by atoms with Crippen molar-refractivity contribution in [3.05, 3.63) is 167 Å². The summed E-state index contributed by atoms with van der Waals surface area (Å²) in [6.07, 6.45) is 2.82. The minimum Gasteiger partial charge on any atom is -0.293 e. The van der Waals surface area contributed by atoms with Crippen LogP contribution < -0.4 is 0 Å². The third-order valence-corrected chi connectivity index (χ3v) is 11.2. The van der Waals surface area contributed by atoms with E-state index in [0.29, 0.717) is 11.4 Å². The molecule has 53 heavy (non-hydrogen) atoms. The quantitative estimate of drug-likeness (QED) is 0.127. The van der Waals surface area contributed by atoms with E-state index >= 15 is 0 Å². The number of Topliss-reactive ketones (excluding diaryl/α,β-unsaturated/α-hetero) is 6. The van der Waals surface area contributed by atoms with Crippen molar-refractivity contribution in [2.45, 2.75) is 9.79 Å². The van der Waals surface area contributed by atoms with Crippen LogP contribution >= 0.6 is 0 Å². The Labute approximate surface area is 302 Å². The number of carbonyl (C=O) groups excluding carboxylic acids is 6. The fraction of sp³-hybridized carbons (Fsp3) is 0.0476. The first kappa shape index (κ1) is 33.3. The Morgan fingerprint density at radius 3 is 1.23 bits per heavy atom. The summed E-state index contributed by atoms with van der Waals surface area (Å²) in [5.41, 5.74) is 1.97. The highest BCUT2D eigenvalue weighted by atomic mass is 32.2. The van der Waals surface area contributed by atoms with Crippen molar-refractivity contribution in [1.29, 1.82) is 0 Å². The first-order valence-corrected chi connectivity index (χ1v) is 17.8. The van der Waals surface area contributed by atoms with E-state index in [1.165, 1.54) is 48.8 Å². The molecule has 2 aromatic heterocycles. The summed E-state index contributed by atoms with van der Waals surface area (Å²) in [6, 6.07) is 30.6. The number of pyridine rings is 2. The van der Waals surface area contributed by atoms with E-state index in [2.05, 4.69) is 9.97 Å². The molecule has 2 aliphatic carbocycles. The number of fused-ring (bicyclic) bond motifs is 2. The van der Waals surface area contributed by atoms with Crippen molar-refractivity contribution >= 4 is 44.5 Å². The summed E-state index contributed by atoms with van der Waals surface area (Å²) in [7, 11) is -4.43. The number of hydrogen-bond donors (Lipinski definition) is 0. The zero-order valence-corrected chi connectivity index (χ0v) is 28.2. The molecule has 2 aliphatic rings. The molecule has 0 saturated heterocycles. The molecule has 2 heterocycles. The Hall–Kier alpha value is -6.85. The Morgan fingerprint density at radius 1 is 0.453 bits per heavy atom. The molecule has 0 saturated carbocycles. The SMILES string of the molecule is O=C(c1ccnc(-c2ccccc2)c1)C1C(=O)c2ccc(S(=O)(=O)c3ccc4c(c3)C(=O)C(C(=O)c3ccnc(-c5ccccc5)c3)C4=O)cc2C1=O. The molecule has 0 aliphatic heterocycles. The van der Waals surface area contributed by atoms with Crippen LogP contribution in [0.15, 0.2) is 144 Å². The second-order valence-corrected chi connectivity index (χ2v) is 14.5. The summed E-state index contributed by atoms with van der Waals surface area (Å²) in [5.74, 6) is -8.06. The molecule has 2 unspecified atom stereocenters. The van der Waals surface area contributed by atoms with Gasteiger partial charge in [0.1, 0.15) is 11.8 Å². The molecular formula is C42H24N2O8S. The minimum absolute atomic E-state index is 0.0905. The summed E-state index contributed by atoms with van der Waals surface area (Å²) >= 11 is 0. The average molecular weight is 717 g/mol. The molecule has 256 valence electrons. The van der Waals surface area contributed by atoms with Crippen LogP contribution in [0.25, 0.3) is 22.5 Å². The number of hydrogen-bond acceptors (Lipinski definition) is 10.